The van der Waals surface area contributed by atoms with Crippen LogP contribution in [0.4, 0.5) is 0 Å². The van der Waals surface area contributed by atoms with Gasteiger partial charge in [0.15, 0.2) is 8.32 Å². The highest BCUT2D eigenvalue weighted by Gasteiger charge is 2.15. The lowest BCUT2D eigenvalue weighted by Gasteiger charge is -2.15. The third kappa shape index (κ3) is 4.69. The van der Waals surface area contributed by atoms with E-state index in [1.54, 1.807) is 24.3 Å². The van der Waals surface area contributed by atoms with Crippen molar-refractivity contribution in [3.63, 3.8) is 0 Å². The van der Waals surface area contributed by atoms with Gasteiger partial charge in [0.05, 0.1) is 6.61 Å². The van der Waals surface area contributed by atoms with Crippen molar-refractivity contribution in [1.29, 1.82) is 10.5 Å². The molecule has 0 saturated carbocycles. The zero-order chi connectivity index (χ0) is 12.9. The number of furan rings is 1. The van der Waals surface area contributed by atoms with E-state index in [0.29, 0.717) is 18.1 Å². The van der Waals surface area contributed by atoms with Crippen LogP contribution in [0.25, 0.3) is 6.08 Å². The second-order valence-electron chi connectivity index (χ2n) is 4.49. The second-order valence-corrected chi connectivity index (χ2v) is 9.00. The molecule has 5 heteroatoms. The van der Waals surface area contributed by atoms with Gasteiger partial charge in [0.1, 0.15) is 29.2 Å². The Balaban J connectivity index is 2.71. The highest BCUT2D eigenvalue weighted by molar-refractivity contribution is 6.69. The average molecular weight is 246 g/mol. The Morgan fingerprint density at radius 3 is 2.53 bits per heavy atom. The lowest BCUT2D eigenvalue weighted by Crippen LogP contribution is -2.24. The van der Waals surface area contributed by atoms with Crippen LogP contribution < -0.4 is 0 Å². The SMILES string of the molecule is C[Si](C)(C)OCc1ccc(C=C(C#N)C#N)o1. The summed E-state index contributed by atoms with van der Waals surface area (Å²) in [6.45, 7) is 6.72. The maximum atomic E-state index is 8.60. The lowest BCUT2D eigenvalue weighted by molar-refractivity contribution is 0.263. The molecule has 0 aromatic carbocycles. The van der Waals surface area contributed by atoms with Crippen molar-refractivity contribution in [3.8, 4) is 12.1 Å². The lowest BCUT2D eigenvalue weighted by atomic mass is 10.3. The molecule has 0 bridgehead atoms. The zero-order valence-corrected chi connectivity index (χ0v) is 11.2. The third-order valence-corrected chi connectivity index (χ3v) is 2.87. The normalized spacial score (nSPS) is 10.4. The number of allylic oxidation sites excluding steroid dienone is 1. The summed E-state index contributed by atoms with van der Waals surface area (Å²) in [7, 11) is -1.56. The molecule has 0 aliphatic carbocycles. The van der Waals surface area contributed by atoms with Crippen molar-refractivity contribution in [1.82, 2.24) is 0 Å². The van der Waals surface area contributed by atoms with Gasteiger partial charge >= 0.3 is 0 Å². The monoisotopic (exact) mass is 246 g/mol. The molecule has 88 valence electrons. The standard InChI is InChI=1S/C12H14N2O2Si/c1-17(2,3)15-9-12-5-4-11(16-12)6-10(7-13)8-14/h4-6H,9H2,1-3H3. The summed E-state index contributed by atoms with van der Waals surface area (Å²) in [4.78, 5) is 0. The Bertz CT molecular complexity index is 482. The Hall–Kier alpha value is -1.82. The Kier molecular flexibility index (Phi) is 4.28. The number of nitriles is 2. The van der Waals surface area contributed by atoms with Gasteiger partial charge in [-0.05, 0) is 31.8 Å². The molecule has 1 aromatic rings. The number of hydrogen-bond acceptors (Lipinski definition) is 4. The van der Waals surface area contributed by atoms with Crippen LogP contribution in [0.15, 0.2) is 22.1 Å². The van der Waals surface area contributed by atoms with E-state index in [4.69, 9.17) is 19.4 Å². The van der Waals surface area contributed by atoms with Crippen molar-refractivity contribution in [2.75, 3.05) is 0 Å². The molecule has 1 aromatic heterocycles. The van der Waals surface area contributed by atoms with Gasteiger partial charge in [0, 0.05) is 6.08 Å². The van der Waals surface area contributed by atoms with E-state index < -0.39 is 8.32 Å². The molecule has 0 saturated heterocycles. The topological polar surface area (TPSA) is 69.9 Å². The Labute approximate surface area is 102 Å². The molecule has 0 atom stereocenters. The predicted octanol–water partition coefficient (Wildman–Crippen LogP) is 3.06. The number of nitrogens with zero attached hydrogens (tertiary/aromatic N) is 2. The molecule has 0 N–H and O–H groups in total. The van der Waals surface area contributed by atoms with Crippen molar-refractivity contribution in [2.24, 2.45) is 0 Å². The second kappa shape index (κ2) is 5.49. The smallest absolute Gasteiger partial charge is 0.184 e. The first kappa shape index (κ1) is 13.2. The largest absolute Gasteiger partial charge is 0.459 e. The predicted molar refractivity (Wildman–Crippen MR) is 66.0 cm³/mol. The van der Waals surface area contributed by atoms with Gasteiger partial charge in [-0.2, -0.15) is 10.5 Å². The van der Waals surface area contributed by atoms with Gasteiger partial charge in [-0.3, -0.25) is 0 Å². The molecule has 0 radical (unpaired) electrons. The van der Waals surface area contributed by atoms with Crippen LogP contribution >= 0.6 is 0 Å². The highest BCUT2D eigenvalue weighted by Crippen LogP contribution is 2.14. The van der Waals surface area contributed by atoms with Gasteiger partial charge in [0.25, 0.3) is 0 Å². The molecule has 1 heterocycles. The summed E-state index contributed by atoms with van der Waals surface area (Å²) in [5.74, 6) is 1.20. The zero-order valence-electron chi connectivity index (χ0n) is 10.2. The maximum absolute atomic E-state index is 8.60. The van der Waals surface area contributed by atoms with Crippen molar-refractivity contribution >= 4 is 14.4 Å². The average Bonchev–Trinajstić information content (AvgIpc) is 2.70. The van der Waals surface area contributed by atoms with Crippen LogP contribution in [0.1, 0.15) is 11.5 Å². The van der Waals surface area contributed by atoms with E-state index in [0.717, 1.165) is 0 Å². The minimum absolute atomic E-state index is 0.0250. The first-order chi connectivity index (χ1) is 7.94. The Morgan fingerprint density at radius 2 is 2.00 bits per heavy atom. The van der Waals surface area contributed by atoms with Crippen LogP contribution in [0.2, 0.25) is 19.6 Å². The van der Waals surface area contributed by atoms with Crippen molar-refractivity contribution < 1.29 is 8.84 Å². The fraction of sp³-hybridized carbons (Fsp3) is 0.333. The van der Waals surface area contributed by atoms with Gasteiger partial charge < -0.3 is 8.84 Å². The molecule has 1 rings (SSSR count). The summed E-state index contributed by atoms with van der Waals surface area (Å²) < 4.78 is 11.1. The molecule has 4 nitrogen and oxygen atoms in total. The third-order valence-electron chi connectivity index (χ3n) is 1.86. The molecule has 0 fully saturated rings. The van der Waals surface area contributed by atoms with Gasteiger partial charge in [-0.1, -0.05) is 0 Å². The molecule has 0 amide bonds. The summed E-state index contributed by atoms with van der Waals surface area (Å²) in [6, 6.07) is 7.07. The molecular formula is C12H14N2O2Si. The molecule has 0 aliphatic rings. The van der Waals surface area contributed by atoms with Crippen LogP contribution in [0.5, 0.6) is 0 Å². The molecular weight excluding hydrogens is 232 g/mol. The number of rotatable bonds is 4. The van der Waals surface area contributed by atoms with Crippen LogP contribution in [-0.2, 0) is 11.0 Å². The maximum Gasteiger partial charge on any atom is 0.184 e. The van der Waals surface area contributed by atoms with E-state index in [2.05, 4.69) is 19.6 Å². The van der Waals surface area contributed by atoms with Crippen LogP contribution in [-0.4, -0.2) is 8.32 Å². The first-order valence-electron chi connectivity index (χ1n) is 5.19. The minimum atomic E-state index is -1.56. The van der Waals surface area contributed by atoms with Crippen molar-refractivity contribution in [2.45, 2.75) is 26.2 Å². The summed E-state index contributed by atoms with van der Waals surface area (Å²) in [5, 5.41) is 17.2. The van der Waals surface area contributed by atoms with Gasteiger partial charge in [-0.25, -0.2) is 0 Å². The minimum Gasteiger partial charge on any atom is -0.459 e. The molecule has 0 unspecified atom stereocenters. The van der Waals surface area contributed by atoms with E-state index in [1.165, 1.54) is 6.08 Å². The summed E-state index contributed by atoms with van der Waals surface area (Å²) in [6.07, 6.45) is 1.41. The van der Waals surface area contributed by atoms with Crippen molar-refractivity contribution in [3.05, 3.63) is 29.2 Å². The van der Waals surface area contributed by atoms with Gasteiger partial charge in [0.2, 0.25) is 0 Å². The van der Waals surface area contributed by atoms with E-state index >= 15 is 0 Å². The molecule has 0 aliphatic heterocycles. The van der Waals surface area contributed by atoms with E-state index in [9.17, 15) is 0 Å². The molecule has 0 spiro atoms. The van der Waals surface area contributed by atoms with E-state index in [1.807, 2.05) is 0 Å². The summed E-state index contributed by atoms with van der Waals surface area (Å²) in [5.41, 5.74) is 0.0250. The fourth-order valence-electron chi connectivity index (χ4n) is 1.07. The Morgan fingerprint density at radius 1 is 1.35 bits per heavy atom. The quantitative estimate of drug-likeness (QED) is 0.604. The molecule has 17 heavy (non-hydrogen) atoms. The van der Waals surface area contributed by atoms with Crippen LogP contribution in [0, 0.1) is 22.7 Å². The summed E-state index contributed by atoms with van der Waals surface area (Å²) >= 11 is 0. The number of hydrogen-bond donors (Lipinski definition) is 0. The van der Waals surface area contributed by atoms with E-state index in [-0.39, 0.29) is 5.57 Å². The fourth-order valence-corrected chi connectivity index (χ4v) is 1.64. The van der Waals surface area contributed by atoms with Crippen LogP contribution in [0.3, 0.4) is 0 Å². The first-order valence-corrected chi connectivity index (χ1v) is 8.60. The van der Waals surface area contributed by atoms with Gasteiger partial charge in [-0.15, -0.1) is 0 Å². The highest BCUT2D eigenvalue weighted by atomic mass is 28.4.